The summed E-state index contributed by atoms with van der Waals surface area (Å²) in [5.41, 5.74) is 1.48. The van der Waals surface area contributed by atoms with Crippen LogP contribution in [0.1, 0.15) is 10.4 Å². The second-order valence-electron chi connectivity index (χ2n) is 4.12. The number of halogens is 1. The predicted molar refractivity (Wildman–Crippen MR) is 74.7 cm³/mol. The van der Waals surface area contributed by atoms with Crippen molar-refractivity contribution in [2.45, 2.75) is 0 Å². The first-order valence-corrected chi connectivity index (χ1v) is 6.15. The number of H-pyrrole nitrogens is 1. The summed E-state index contributed by atoms with van der Waals surface area (Å²) in [6, 6.07) is 14.0. The molecule has 0 spiro atoms. The summed E-state index contributed by atoms with van der Waals surface area (Å²) in [5.74, 6) is 0.124. The number of hydrogen-bond acceptors (Lipinski definition) is 2. The highest BCUT2D eigenvalue weighted by Crippen LogP contribution is 2.21. The smallest absolute Gasteiger partial charge is 0.343 e. The second kappa shape index (κ2) is 4.78. The number of ether oxygens (including phenoxy) is 1. The van der Waals surface area contributed by atoms with Gasteiger partial charge in [-0.1, -0.05) is 11.6 Å². The Morgan fingerprint density at radius 2 is 1.84 bits per heavy atom. The van der Waals surface area contributed by atoms with E-state index in [1.807, 2.05) is 24.4 Å². The molecule has 0 fully saturated rings. The third kappa shape index (κ3) is 2.46. The monoisotopic (exact) mass is 271 g/mol. The second-order valence-corrected chi connectivity index (χ2v) is 4.56. The highest BCUT2D eigenvalue weighted by molar-refractivity contribution is 6.30. The Labute approximate surface area is 114 Å². The maximum Gasteiger partial charge on any atom is 0.343 e. The minimum Gasteiger partial charge on any atom is -0.423 e. The Kier molecular flexibility index (Phi) is 2.97. The first kappa shape index (κ1) is 11.8. The van der Waals surface area contributed by atoms with Crippen LogP contribution in [0.4, 0.5) is 0 Å². The van der Waals surface area contributed by atoms with E-state index in [0.717, 1.165) is 10.9 Å². The molecule has 0 radical (unpaired) electrons. The van der Waals surface area contributed by atoms with Crippen LogP contribution in [0.2, 0.25) is 5.02 Å². The van der Waals surface area contributed by atoms with Crippen LogP contribution in [-0.2, 0) is 0 Å². The molecule has 3 aromatic rings. The molecule has 0 atom stereocenters. The molecule has 19 heavy (non-hydrogen) atoms. The van der Waals surface area contributed by atoms with E-state index in [2.05, 4.69) is 4.98 Å². The molecule has 0 saturated heterocycles. The molecule has 0 aliphatic carbocycles. The first-order valence-electron chi connectivity index (χ1n) is 5.77. The van der Waals surface area contributed by atoms with Gasteiger partial charge in [-0.15, -0.1) is 0 Å². The topological polar surface area (TPSA) is 42.1 Å². The van der Waals surface area contributed by atoms with Crippen molar-refractivity contribution in [3.63, 3.8) is 0 Å². The number of fused-ring (bicyclic) bond motifs is 1. The van der Waals surface area contributed by atoms with E-state index in [1.165, 1.54) is 0 Å². The molecule has 0 aliphatic rings. The van der Waals surface area contributed by atoms with Crippen LogP contribution in [0, 0.1) is 0 Å². The Bertz CT molecular complexity index is 731. The molecular formula is C15H10ClNO2. The number of aromatic nitrogens is 1. The SMILES string of the molecule is O=C(Oc1ccc2[nH]ccc2c1)c1ccc(Cl)cc1. The molecule has 1 aromatic heterocycles. The minimum absolute atomic E-state index is 0.397. The lowest BCUT2D eigenvalue weighted by atomic mass is 10.2. The Morgan fingerprint density at radius 1 is 1.05 bits per heavy atom. The zero-order chi connectivity index (χ0) is 13.2. The van der Waals surface area contributed by atoms with E-state index in [1.54, 1.807) is 30.3 Å². The van der Waals surface area contributed by atoms with E-state index in [0.29, 0.717) is 16.3 Å². The maximum atomic E-state index is 11.9. The van der Waals surface area contributed by atoms with Gasteiger partial charge in [0.2, 0.25) is 0 Å². The Balaban J connectivity index is 1.83. The van der Waals surface area contributed by atoms with Crippen molar-refractivity contribution >= 4 is 28.5 Å². The number of benzene rings is 2. The fourth-order valence-electron chi connectivity index (χ4n) is 1.85. The van der Waals surface area contributed by atoms with Gasteiger partial charge in [-0.25, -0.2) is 4.79 Å². The van der Waals surface area contributed by atoms with Gasteiger partial charge in [0.25, 0.3) is 0 Å². The van der Waals surface area contributed by atoms with Crippen LogP contribution < -0.4 is 4.74 Å². The molecule has 94 valence electrons. The lowest BCUT2D eigenvalue weighted by molar-refractivity contribution is 0.0735. The molecule has 3 rings (SSSR count). The number of carbonyl (C=O) groups excluding carboxylic acids is 1. The van der Waals surface area contributed by atoms with Crippen molar-refractivity contribution in [1.29, 1.82) is 0 Å². The zero-order valence-corrected chi connectivity index (χ0v) is 10.6. The van der Waals surface area contributed by atoms with Crippen molar-refractivity contribution in [2.75, 3.05) is 0 Å². The van der Waals surface area contributed by atoms with Crippen molar-refractivity contribution in [3.8, 4) is 5.75 Å². The molecule has 4 heteroatoms. The standard InChI is InChI=1S/C15H10ClNO2/c16-12-3-1-10(2-4-12)15(18)19-13-5-6-14-11(9-13)7-8-17-14/h1-9,17H. The zero-order valence-electron chi connectivity index (χ0n) is 9.89. The predicted octanol–water partition coefficient (Wildman–Crippen LogP) is 4.04. The number of hydrogen-bond donors (Lipinski definition) is 1. The van der Waals surface area contributed by atoms with Gasteiger partial charge in [-0.05, 0) is 48.5 Å². The number of nitrogens with one attached hydrogen (secondary N) is 1. The van der Waals surface area contributed by atoms with Crippen LogP contribution in [0.3, 0.4) is 0 Å². The summed E-state index contributed by atoms with van der Waals surface area (Å²) >= 11 is 5.77. The van der Waals surface area contributed by atoms with E-state index >= 15 is 0 Å². The highest BCUT2D eigenvalue weighted by atomic mass is 35.5. The number of rotatable bonds is 2. The van der Waals surface area contributed by atoms with Gasteiger partial charge in [0.1, 0.15) is 5.75 Å². The van der Waals surface area contributed by atoms with Gasteiger partial charge < -0.3 is 9.72 Å². The summed E-state index contributed by atoms with van der Waals surface area (Å²) in [5, 5.41) is 1.59. The van der Waals surface area contributed by atoms with Crippen LogP contribution in [-0.4, -0.2) is 11.0 Å². The van der Waals surface area contributed by atoms with Crippen LogP contribution in [0.15, 0.2) is 54.7 Å². The van der Waals surface area contributed by atoms with Crippen molar-refractivity contribution in [2.24, 2.45) is 0 Å². The lowest BCUT2D eigenvalue weighted by Gasteiger charge is -2.04. The molecule has 1 N–H and O–H groups in total. The highest BCUT2D eigenvalue weighted by Gasteiger charge is 2.08. The van der Waals surface area contributed by atoms with Gasteiger partial charge in [0.05, 0.1) is 5.56 Å². The lowest BCUT2D eigenvalue weighted by Crippen LogP contribution is -2.07. The third-order valence-corrected chi connectivity index (χ3v) is 3.07. The molecular weight excluding hydrogens is 262 g/mol. The minimum atomic E-state index is -0.397. The first-order chi connectivity index (χ1) is 9.22. The molecule has 0 bridgehead atoms. The van der Waals surface area contributed by atoms with Crippen molar-refractivity contribution in [1.82, 2.24) is 4.98 Å². The molecule has 0 unspecified atom stereocenters. The average molecular weight is 272 g/mol. The molecule has 3 nitrogen and oxygen atoms in total. The van der Waals surface area contributed by atoms with Crippen molar-refractivity contribution in [3.05, 3.63) is 65.3 Å². The van der Waals surface area contributed by atoms with Crippen LogP contribution in [0.25, 0.3) is 10.9 Å². The Morgan fingerprint density at radius 3 is 2.63 bits per heavy atom. The van der Waals surface area contributed by atoms with E-state index < -0.39 is 5.97 Å². The number of carbonyl (C=O) groups is 1. The number of esters is 1. The summed E-state index contributed by atoms with van der Waals surface area (Å²) in [4.78, 5) is 15.0. The van der Waals surface area contributed by atoms with Gasteiger partial charge in [0.15, 0.2) is 0 Å². The molecule has 2 aromatic carbocycles. The van der Waals surface area contributed by atoms with Gasteiger partial charge >= 0.3 is 5.97 Å². The average Bonchev–Trinajstić information content (AvgIpc) is 2.87. The van der Waals surface area contributed by atoms with Gasteiger partial charge in [-0.2, -0.15) is 0 Å². The number of aromatic amines is 1. The largest absolute Gasteiger partial charge is 0.423 e. The summed E-state index contributed by atoms with van der Waals surface area (Å²) < 4.78 is 5.32. The third-order valence-electron chi connectivity index (χ3n) is 2.82. The molecule has 0 saturated carbocycles. The summed E-state index contributed by atoms with van der Waals surface area (Å²) in [6.45, 7) is 0. The fourth-order valence-corrected chi connectivity index (χ4v) is 1.97. The maximum absolute atomic E-state index is 11.9. The van der Waals surface area contributed by atoms with E-state index in [9.17, 15) is 4.79 Å². The van der Waals surface area contributed by atoms with Crippen LogP contribution >= 0.6 is 11.6 Å². The van der Waals surface area contributed by atoms with Gasteiger partial charge in [0, 0.05) is 22.1 Å². The van der Waals surface area contributed by atoms with Crippen LogP contribution in [0.5, 0.6) is 5.75 Å². The van der Waals surface area contributed by atoms with E-state index in [-0.39, 0.29) is 0 Å². The summed E-state index contributed by atoms with van der Waals surface area (Å²) in [6.07, 6.45) is 1.84. The van der Waals surface area contributed by atoms with E-state index in [4.69, 9.17) is 16.3 Å². The van der Waals surface area contributed by atoms with Gasteiger partial charge in [-0.3, -0.25) is 0 Å². The summed E-state index contributed by atoms with van der Waals surface area (Å²) in [7, 11) is 0. The molecule has 0 amide bonds. The normalized spacial score (nSPS) is 10.6. The van der Waals surface area contributed by atoms with Crippen molar-refractivity contribution < 1.29 is 9.53 Å². The Hall–Kier alpha value is -2.26. The quantitative estimate of drug-likeness (QED) is 0.564. The molecule has 0 aliphatic heterocycles. The fraction of sp³-hybridized carbons (Fsp3) is 0. The molecule has 1 heterocycles.